The molecule has 0 spiro atoms. The van der Waals surface area contributed by atoms with E-state index in [1.54, 1.807) is 18.2 Å². The van der Waals surface area contributed by atoms with E-state index in [1.165, 1.54) is 17.0 Å². The minimum atomic E-state index is -4.22. The van der Waals surface area contributed by atoms with Crippen LogP contribution in [0.4, 0.5) is 5.69 Å². The number of nitrogens with one attached hydrogen (secondary N) is 1. The summed E-state index contributed by atoms with van der Waals surface area (Å²) in [5, 5.41) is 1.62. The van der Waals surface area contributed by atoms with Gasteiger partial charge in [-0.05, 0) is 71.5 Å². The van der Waals surface area contributed by atoms with Crippen LogP contribution in [0.2, 0.25) is 0 Å². The largest absolute Gasteiger partial charge is 0.312 e. The van der Waals surface area contributed by atoms with Crippen molar-refractivity contribution in [2.45, 2.75) is 24.7 Å². The monoisotopic (exact) mass is 576 g/mol. The van der Waals surface area contributed by atoms with Crippen LogP contribution >= 0.6 is 0 Å². The molecule has 5 aromatic rings. The smallest absolute Gasteiger partial charge is 0.264 e. The second-order valence-electron chi connectivity index (χ2n) is 10.1. The van der Waals surface area contributed by atoms with Gasteiger partial charge in [0.05, 0.1) is 4.90 Å². The lowest BCUT2D eigenvalue weighted by Gasteiger charge is -2.26. The van der Waals surface area contributed by atoms with Crippen LogP contribution in [-0.4, -0.2) is 26.8 Å². The highest BCUT2D eigenvalue weighted by molar-refractivity contribution is 7.90. The van der Waals surface area contributed by atoms with E-state index < -0.39 is 27.8 Å². The molecule has 5 aromatic carbocycles. The average molecular weight is 577 g/mol. The normalized spacial score (nSPS) is 12.0. The maximum atomic E-state index is 13.8. The van der Waals surface area contributed by atoms with Crippen LogP contribution in [0.25, 0.3) is 21.9 Å². The third-order valence-electron chi connectivity index (χ3n) is 7.31. The molecule has 0 fully saturated rings. The van der Waals surface area contributed by atoms with Crippen molar-refractivity contribution in [3.05, 3.63) is 133 Å². The summed E-state index contributed by atoms with van der Waals surface area (Å²) in [6.07, 6.45) is 0.563. The molecule has 0 aliphatic rings. The Morgan fingerprint density at radius 2 is 1.31 bits per heavy atom. The molecule has 0 bridgehead atoms. The zero-order chi connectivity index (χ0) is 29.5. The summed E-state index contributed by atoms with van der Waals surface area (Å²) in [7, 11) is -4.22. The summed E-state index contributed by atoms with van der Waals surface area (Å²) in [6.45, 7) is 2.16. The number of fused-ring (bicyclic) bond motifs is 1. The van der Waals surface area contributed by atoms with Crippen LogP contribution in [0, 0.1) is 5.92 Å². The van der Waals surface area contributed by atoms with E-state index in [2.05, 4.69) is 4.72 Å². The number of sulfonamides is 1. The molecule has 1 unspecified atom stereocenters. The quantitative estimate of drug-likeness (QED) is 0.190. The number of rotatable bonds is 10. The number of amides is 2. The van der Waals surface area contributed by atoms with Gasteiger partial charge >= 0.3 is 0 Å². The van der Waals surface area contributed by atoms with Crippen LogP contribution in [-0.2, 0) is 26.0 Å². The summed E-state index contributed by atoms with van der Waals surface area (Å²) in [4.78, 5) is 28.9. The fraction of sp³-hybridized carbons (Fsp3) is 0.143. The van der Waals surface area contributed by atoms with E-state index in [1.807, 2.05) is 104 Å². The summed E-state index contributed by atoms with van der Waals surface area (Å²) in [6, 6.07) is 39.1. The van der Waals surface area contributed by atoms with Crippen molar-refractivity contribution in [2.24, 2.45) is 5.92 Å². The Kier molecular flexibility index (Phi) is 8.79. The lowest BCUT2D eigenvalue weighted by atomic mass is 9.95. The molecular weight excluding hydrogens is 544 g/mol. The molecule has 2 amide bonds. The molecule has 0 aromatic heterocycles. The maximum Gasteiger partial charge on any atom is 0.264 e. The third-order valence-corrected chi connectivity index (χ3v) is 8.66. The number of hydrogen-bond donors (Lipinski definition) is 1. The first kappa shape index (κ1) is 28.8. The SMILES string of the molecule is CCN(C(=O)C(CCc1ccc(-c2ccccc2)cc1)C(=O)NS(=O)(=O)c1ccc2ccccc2c1)c1ccccc1. The van der Waals surface area contributed by atoms with E-state index in [4.69, 9.17) is 0 Å². The highest BCUT2D eigenvalue weighted by Gasteiger charge is 2.33. The molecule has 6 nitrogen and oxygen atoms in total. The topological polar surface area (TPSA) is 83.6 Å². The van der Waals surface area contributed by atoms with Crippen molar-refractivity contribution < 1.29 is 18.0 Å². The molecule has 1 N–H and O–H groups in total. The van der Waals surface area contributed by atoms with E-state index in [-0.39, 0.29) is 11.3 Å². The van der Waals surface area contributed by atoms with E-state index in [0.29, 0.717) is 18.7 Å². The van der Waals surface area contributed by atoms with Crippen molar-refractivity contribution in [1.29, 1.82) is 0 Å². The predicted molar refractivity (Wildman–Crippen MR) is 167 cm³/mol. The molecule has 0 saturated heterocycles. The Morgan fingerprint density at radius 3 is 1.98 bits per heavy atom. The van der Waals surface area contributed by atoms with E-state index in [9.17, 15) is 18.0 Å². The lowest BCUT2D eigenvalue weighted by molar-refractivity contribution is -0.132. The standard InChI is InChI=1S/C35H32N2O4S/c1-2-37(31-15-7-4-8-16-31)35(39)33(24-19-26-17-20-29(21-18-26)27-11-5-3-6-12-27)34(38)36-42(40,41)32-23-22-28-13-9-10-14-30(28)25-32/h3-18,20-23,25,33H,2,19,24H2,1H3,(H,36,38). The Morgan fingerprint density at radius 1 is 0.714 bits per heavy atom. The van der Waals surface area contributed by atoms with Crippen LogP contribution in [0.5, 0.6) is 0 Å². The number of carbonyl (C=O) groups is 2. The summed E-state index contributed by atoms with van der Waals surface area (Å²) >= 11 is 0. The van der Waals surface area contributed by atoms with Crippen molar-refractivity contribution in [1.82, 2.24) is 4.72 Å². The van der Waals surface area contributed by atoms with E-state index in [0.717, 1.165) is 27.5 Å². The zero-order valence-corrected chi connectivity index (χ0v) is 24.1. The van der Waals surface area contributed by atoms with Crippen molar-refractivity contribution in [3.63, 3.8) is 0 Å². The molecule has 0 saturated carbocycles. The minimum absolute atomic E-state index is 0.0346. The second kappa shape index (κ2) is 12.8. The molecule has 0 aliphatic heterocycles. The Hall–Kier alpha value is -4.75. The number of para-hydroxylation sites is 1. The van der Waals surface area contributed by atoms with Gasteiger partial charge in [-0.25, -0.2) is 13.1 Å². The first-order chi connectivity index (χ1) is 20.4. The van der Waals surface area contributed by atoms with Gasteiger partial charge in [-0.2, -0.15) is 0 Å². The van der Waals surface area contributed by atoms with Gasteiger partial charge in [0, 0.05) is 12.2 Å². The van der Waals surface area contributed by atoms with Crippen LogP contribution in [0.15, 0.2) is 132 Å². The van der Waals surface area contributed by atoms with Gasteiger partial charge in [0.15, 0.2) is 0 Å². The summed E-state index contributed by atoms with van der Waals surface area (Å²) in [5.74, 6) is -2.51. The first-order valence-corrected chi connectivity index (χ1v) is 15.4. The Labute approximate surface area is 246 Å². The van der Waals surface area contributed by atoms with Gasteiger partial charge in [0.2, 0.25) is 11.8 Å². The molecule has 0 heterocycles. The summed E-state index contributed by atoms with van der Waals surface area (Å²) in [5.41, 5.74) is 3.75. The predicted octanol–water partition coefficient (Wildman–Crippen LogP) is 6.61. The molecule has 212 valence electrons. The fourth-order valence-electron chi connectivity index (χ4n) is 5.03. The fourth-order valence-corrected chi connectivity index (χ4v) is 6.09. The van der Waals surface area contributed by atoms with Crippen LogP contribution in [0.1, 0.15) is 18.9 Å². The minimum Gasteiger partial charge on any atom is -0.312 e. The number of benzene rings is 5. The molecule has 7 heteroatoms. The van der Waals surface area contributed by atoms with Crippen molar-refractivity contribution in [2.75, 3.05) is 11.4 Å². The third kappa shape index (κ3) is 6.58. The van der Waals surface area contributed by atoms with Crippen molar-refractivity contribution in [3.8, 4) is 11.1 Å². The van der Waals surface area contributed by atoms with Gasteiger partial charge in [-0.1, -0.05) is 103 Å². The van der Waals surface area contributed by atoms with Crippen molar-refractivity contribution >= 4 is 38.3 Å². The second-order valence-corrected chi connectivity index (χ2v) is 11.7. The van der Waals surface area contributed by atoms with Gasteiger partial charge in [-0.15, -0.1) is 0 Å². The van der Waals surface area contributed by atoms with Gasteiger partial charge in [-0.3, -0.25) is 9.59 Å². The molecular formula is C35H32N2O4S. The van der Waals surface area contributed by atoms with Gasteiger partial charge in [0.25, 0.3) is 10.0 Å². The maximum absolute atomic E-state index is 13.8. The number of hydrogen-bond acceptors (Lipinski definition) is 4. The highest BCUT2D eigenvalue weighted by atomic mass is 32.2. The zero-order valence-electron chi connectivity index (χ0n) is 23.3. The number of anilines is 1. The lowest BCUT2D eigenvalue weighted by Crippen LogP contribution is -2.45. The number of nitrogens with zero attached hydrogens (tertiary/aromatic N) is 1. The number of carbonyl (C=O) groups excluding carboxylic acids is 2. The molecule has 0 radical (unpaired) electrons. The summed E-state index contributed by atoms with van der Waals surface area (Å²) < 4.78 is 28.8. The molecule has 5 rings (SSSR count). The van der Waals surface area contributed by atoms with Gasteiger partial charge < -0.3 is 4.90 Å². The van der Waals surface area contributed by atoms with Gasteiger partial charge in [0.1, 0.15) is 5.92 Å². The Bertz CT molecular complexity index is 1790. The highest BCUT2D eigenvalue weighted by Crippen LogP contribution is 2.24. The average Bonchev–Trinajstić information content (AvgIpc) is 3.02. The molecule has 42 heavy (non-hydrogen) atoms. The molecule has 0 aliphatic carbocycles. The van der Waals surface area contributed by atoms with Crippen LogP contribution in [0.3, 0.4) is 0 Å². The first-order valence-electron chi connectivity index (χ1n) is 13.9. The van der Waals surface area contributed by atoms with Crippen LogP contribution < -0.4 is 9.62 Å². The molecule has 1 atom stereocenters. The van der Waals surface area contributed by atoms with E-state index >= 15 is 0 Å². The Balaban J connectivity index is 1.39. The number of aryl methyl sites for hydroxylation is 1.